The fourth-order valence-corrected chi connectivity index (χ4v) is 4.40. The first-order valence-electron chi connectivity index (χ1n) is 10.1. The molecule has 1 aliphatic carbocycles. The van der Waals surface area contributed by atoms with Crippen LogP contribution in [0.5, 0.6) is 0 Å². The Morgan fingerprint density at radius 1 is 1.11 bits per heavy atom. The third kappa shape index (κ3) is 3.09. The number of likely N-dealkylation sites (tertiary alicyclic amines) is 1. The van der Waals surface area contributed by atoms with Crippen LogP contribution in [0.3, 0.4) is 0 Å². The Labute approximate surface area is 159 Å². The molecule has 1 atom stereocenters. The summed E-state index contributed by atoms with van der Waals surface area (Å²) in [6, 6.07) is 2.03. The average molecular weight is 366 g/mol. The quantitative estimate of drug-likeness (QED) is 0.832. The van der Waals surface area contributed by atoms with Gasteiger partial charge in [-0.05, 0) is 44.6 Å². The molecule has 0 bridgehead atoms. The smallest absolute Gasteiger partial charge is 0.226 e. The summed E-state index contributed by atoms with van der Waals surface area (Å²) >= 11 is 0. The molecule has 5 rings (SSSR count). The van der Waals surface area contributed by atoms with Crippen molar-refractivity contribution in [3.8, 4) is 11.3 Å². The summed E-state index contributed by atoms with van der Waals surface area (Å²) in [7, 11) is 1.94. The molecule has 3 aliphatic rings. The predicted molar refractivity (Wildman–Crippen MR) is 102 cm³/mol. The third-order valence-corrected chi connectivity index (χ3v) is 5.94. The molecule has 0 N–H and O–H groups in total. The zero-order valence-corrected chi connectivity index (χ0v) is 15.8. The second kappa shape index (κ2) is 6.62. The maximum Gasteiger partial charge on any atom is 0.226 e. The number of hydrogen-bond donors (Lipinski definition) is 0. The summed E-state index contributed by atoms with van der Waals surface area (Å²) in [6.45, 7) is 2.89. The summed E-state index contributed by atoms with van der Waals surface area (Å²) in [6.07, 6.45) is 10.4. The number of carbonyl (C=O) groups excluding carboxylic acids is 1. The summed E-state index contributed by atoms with van der Waals surface area (Å²) in [4.78, 5) is 26.4. The number of rotatable bonds is 4. The first-order valence-corrected chi connectivity index (χ1v) is 10.1. The van der Waals surface area contributed by atoms with Gasteiger partial charge in [0.25, 0.3) is 0 Å². The lowest BCUT2D eigenvalue weighted by Gasteiger charge is -2.24. The molecule has 2 aliphatic heterocycles. The molecular weight excluding hydrogens is 340 g/mol. The Morgan fingerprint density at radius 3 is 2.70 bits per heavy atom. The largest absolute Gasteiger partial charge is 0.341 e. The van der Waals surface area contributed by atoms with Crippen LogP contribution in [0.1, 0.15) is 50.3 Å². The van der Waals surface area contributed by atoms with E-state index in [-0.39, 0.29) is 12.0 Å². The molecule has 7 nitrogen and oxygen atoms in total. The van der Waals surface area contributed by atoms with Gasteiger partial charge in [-0.2, -0.15) is 5.10 Å². The number of aryl methyl sites for hydroxylation is 1. The van der Waals surface area contributed by atoms with E-state index in [2.05, 4.69) is 14.8 Å². The van der Waals surface area contributed by atoms with Crippen LogP contribution in [0.25, 0.3) is 11.3 Å². The highest BCUT2D eigenvalue weighted by Crippen LogP contribution is 2.40. The Morgan fingerprint density at radius 2 is 1.93 bits per heavy atom. The fourth-order valence-electron chi connectivity index (χ4n) is 4.40. The SMILES string of the molecule is Cn1cc(-c2ccnc(N3CCCC3)n2)c([C@H]2CCCN2C(=O)C2CC2)n1. The van der Waals surface area contributed by atoms with E-state index in [1.165, 1.54) is 12.8 Å². The topological polar surface area (TPSA) is 67.2 Å². The van der Waals surface area contributed by atoms with E-state index in [1.807, 2.05) is 30.2 Å². The van der Waals surface area contributed by atoms with Gasteiger partial charge in [0.1, 0.15) is 0 Å². The number of carbonyl (C=O) groups is 1. The highest BCUT2D eigenvalue weighted by Gasteiger charge is 2.40. The molecule has 4 heterocycles. The van der Waals surface area contributed by atoms with Gasteiger partial charge < -0.3 is 9.80 Å². The number of aromatic nitrogens is 4. The number of hydrogen-bond acceptors (Lipinski definition) is 5. The minimum absolute atomic E-state index is 0.0690. The molecule has 2 aromatic heterocycles. The average Bonchev–Trinajstić information content (AvgIpc) is 3.09. The van der Waals surface area contributed by atoms with Crippen molar-refractivity contribution in [3.05, 3.63) is 24.2 Å². The number of anilines is 1. The zero-order valence-electron chi connectivity index (χ0n) is 15.8. The summed E-state index contributed by atoms with van der Waals surface area (Å²) in [5.74, 6) is 1.37. The maximum absolute atomic E-state index is 12.7. The lowest BCUT2D eigenvalue weighted by atomic mass is 10.0. The van der Waals surface area contributed by atoms with Gasteiger partial charge in [-0.15, -0.1) is 0 Å². The molecule has 2 aromatic rings. The van der Waals surface area contributed by atoms with Gasteiger partial charge in [0.2, 0.25) is 11.9 Å². The molecule has 0 aromatic carbocycles. The van der Waals surface area contributed by atoms with Crippen LogP contribution in [-0.4, -0.2) is 50.2 Å². The molecule has 0 spiro atoms. The lowest BCUT2D eigenvalue weighted by Crippen LogP contribution is -2.32. The van der Waals surface area contributed by atoms with Crippen molar-refractivity contribution in [3.63, 3.8) is 0 Å². The van der Waals surface area contributed by atoms with Gasteiger partial charge in [-0.3, -0.25) is 9.48 Å². The molecule has 7 heteroatoms. The van der Waals surface area contributed by atoms with E-state index in [4.69, 9.17) is 10.1 Å². The van der Waals surface area contributed by atoms with Crippen molar-refractivity contribution in [2.45, 2.75) is 44.6 Å². The summed E-state index contributed by atoms with van der Waals surface area (Å²) in [5, 5.41) is 4.76. The van der Waals surface area contributed by atoms with E-state index < -0.39 is 0 Å². The van der Waals surface area contributed by atoms with Crippen molar-refractivity contribution in [1.29, 1.82) is 0 Å². The molecule has 2 saturated heterocycles. The zero-order chi connectivity index (χ0) is 18.4. The first kappa shape index (κ1) is 16.7. The number of amides is 1. The normalized spacial score (nSPS) is 22.6. The third-order valence-electron chi connectivity index (χ3n) is 5.94. The fraction of sp³-hybridized carbons (Fsp3) is 0.600. The molecule has 0 radical (unpaired) electrons. The van der Waals surface area contributed by atoms with E-state index in [1.54, 1.807) is 0 Å². The van der Waals surface area contributed by atoms with E-state index >= 15 is 0 Å². The predicted octanol–water partition coefficient (Wildman–Crippen LogP) is 2.55. The van der Waals surface area contributed by atoms with E-state index in [0.29, 0.717) is 5.91 Å². The second-order valence-corrected chi connectivity index (χ2v) is 8.00. The van der Waals surface area contributed by atoms with Crippen LogP contribution in [0.4, 0.5) is 5.95 Å². The van der Waals surface area contributed by atoms with Crippen LogP contribution in [0, 0.1) is 5.92 Å². The second-order valence-electron chi connectivity index (χ2n) is 8.00. The Balaban J connectivity index is 1.49. The van der Waals surface area contributed by atoms with Gasteiger partial charge in [0.15, 0.2) is 0 Å². The molecule has 1 saturated carbocycles. The first-order chi connectivity index (χ1) is 13.2. The molecule has 1 amide bonds. The minimum Gasteiger partial charge on any atom is -0.341 e. The van der Waals surface area contributed by atoms with Gasteiger partial charge in [0, 0.05) is 50.6 Å². The van der Waals surface area contributed by atoms with E-state index in [0.717, 1.165) is 68.2 Å². The van der Waals surface area contributed by atoms with Crippen molar-refractivity contribution < 1.29 is 4.79 Å². The highest BCUT2D eigenvalue weighted by atomic mass is 16.2. The van der Waals surface area contributed by atoms with Gasteiger partial charge in [-0.1, -0.05) is 0 Å². The van der Waals surface area contributed by atoms with Crippen molar-refractivity contribution >= 4 is 11.9 Å². The summed E-state index contributed by atoms with van der Waals surface area (Å²) < 4.78 is 1.85. The molecule has 27 heavy (non-hydrogen) atoms. The Hall–Kier alpha value is -2.44. The van der Waals surface area contributed by atoms with E-state index in [9.17, 15) is 4.79 Å². The maximum atomic E-state index is 12.7. The van der Waals surface area contributed by atoms with Crippen LogP contribution in [0.2, 0.25) is 0 Å². The van der Waals surface area contributed by atoms with Crippen LogP contribution < -0.4 is 4.90 Å². The molecule has 142 valence electrons. The minimum atomic E-state index is 0.0690. The highest BCUT2D eigenvalue weighted by molar-refractivity contribution is 5.82. The van der Waals surface area contributed by atoms with Gasteiger partial charge in [-0.25, -0.2) is 9.97 Å². The Kier molecular flexibility index (Phi) is 4.10. The Bertz CT molecular complexity index is 852. The van der Waals surface area contributed by atoms with Gasteiger partial charge >= 0.3 is 0 Å². The van der Waals surface area contributed by atoms with Crippen molar-refractivity contribution in [2.24, 2.45) is 13.0 Å². The number of nitrogens with zero attached hydrogens (tertiary/aromatic N) is 6. The monoisotopic (exact) mass is 366 g/mol. The molecule has 0 unspecified atom stereocenters. The summed E-state index contributed by atoms with van der Waals surface area (Å²) in [5.41, 5.74) is 2.91. The van der Waals surface area contributed by atoms with Crippen molar-refractivity contribution in [2.75, 3.05) is 24.5 Å². The van der Waals surface area contributed by atoms with Crippen molar-refractivity contribution in [1.82, 2.24) is 24.6 Å². The van der Waals surface area contributed by atoms with Crippen LogP contribution in [-0.2, 0) is 11.8 Å². The van der Waals surface area contributed by atoms with Crippen LogP contribution >= 0.6 is 0 Å². The molecule has 3 fully saturated rings. The lowest BCUT2D eigenvalue weighted by molar-refractivity contribution is -0.133. The van der Waals surface area contributed by atoms with Crippen LogP contribution in [0.15, 0.2) is 18.5 Å². The standard InChI is InChI=1S/C20H26N6O/c1-24-13-15(16-8-9-21-20(22-16)25-10-2-3-11-25)18(23-24)17-5-4-12-26(17)19(27)14-6-7-14/h8-9,13-14,17H,2-7,10-12H2,1H3/t17-/m1/s1. The molecular formula is C20H26N6O. The van der Waals surface area contributed by atoms with Gasteiger partial charge in [0.05, 0.1) is 17.4 Å².